The van der Waals surface area contributed by atoms with Crippen LogP contribution in [0.5, 0.6) is 5.75 Å². The van der Waals surface area contributed by atoms with Crippen LogP contribution in [0.2, 0.25) is 5.02 Å². The summed E-state index contributed by atoms with van der Waals surface area (Å²) in [7, 11) is 1.62. The lowest BCUT2D eigenvalue weighted by Gasteiger charge is -2.41. The van der Waals surface area contributed by atoms with Gasteiger partial charge in [0.2, 0.25) is 0 Å². The molecule has 0 saturated carbocycles. The fourth-order valence-electron chi connectivity index (χ4n) is 4.77. The molecule has 0 bridgehead atoms. The maximum Gasteiger partial charge on any atom is 0.119 e. The van der Waals surface area contributed by atoms with Crippen molar-refractivity contribution in [1.82, 2.24) is 9.88 Å². The van der Waals surface area contributed by atoms with Crippen molar-refractivity contribution in [2.45, 2.75) is 42.4 Å². The first-order valence-electron chi connectivity index (χ1n) is 11.8. The van der Waals surface area contributed by atoms with E-state index in [1.807, 2.05) is 30.0 Å². The standard InChI is InChI=1S/C26H33ClN2O3S2/c1-32-19-5-6-22-20(16-19)25(21(27)17-28-22)23(31)7-8-26(18-30)9-12-29(13-10-26)11-3-15-34-24-4-2-14-33-24/h2,4-6,14,16-17,23,30-31H,3,7-13,15,18H2,1H3. The molecule has 3 aromatic rings. The maximum atomic E-state index is 11.1. The molecule has 1 saturated heterocycles. The second-order valence-electron chi connectivity index (χ2n) is 9.09. The molecule has 2 aromatic heterocycles. The number of thiophene rings is 1. The first-order valence-corrected chi connectivity index (χ1v) is 14.1. The molecule has 5 nitrogen and oxygen atoms in total. The predicted octanol–water partition coefficient (Wildman–Crippen LogP) is 6.03. The van der Waals surface area contributed by atoms with E-state index in [1.54, 1.807) is 24.6 Å². The molecule has 184 valence electrons. The molecule has 1 aliphatic rings. The molecule has 34 heavy (non-hydrogen) atoms. The molecule has 0 radical (unpaired) electrons. The third-order valence-corrected chi connectivity index (χ3v) is 9.48. The number of piperidine rings is 1. The summed E-state index contributed by atoms with van der Waals surface area (Å²) >= 11 is 10.2. The van der Waals surface area contributed by atoms with Gasteiger partial charge in [-0.1, -0.05) is 17.7 Å². The van der Waals surface area contributed by atoms with Crippen molar-refractivity contribution in [3.63, 3.8) is 0 Å². The van der Waals surface area contributed by atoms with Crippen LogP contribution < -0.4 is 4.74 Å². The lowest BCUT2D eigenvalue weighted by molar-refractivity contribution is 0.0238. The Labute approximate surface area is 215 Å². The second kappa shape index (κ2) is 12.1. The Morgan fingerprint density at radius 2 is 2.12 bits per heavy atom. The monoisotopic (exact) mass is 520 g/mol. The van der Waals surface area contributed by atoms with E-state index < -0.39 is 6.10 Å². The van der Waals surface area contributed by atoms with Gasteiger partial charge in [-0.05, 0) is 86.8 Å². The van der Waals surface area contributed by atoms with Crippen LogP contribution in [-0.2, 0) is 0 Å². The zero-order chi connectivity index (χ0) is 24.0. The topological polar surface area (TPSA) is 65.8 Å². The fraction of sp³-hybridized carbons (Fsp3) is 0.500. The van der Waals surface area contributed by atoms with E-state index >= 15 is 0 Å². The van der Waals surface area contributed by atoms with E-state index in [0.717, 1.165) is 55.6 Å². The zero-order valence-corrected chi connectivity index (χ0v) is 22.0. The number of methoxy groups -OCH3 is 1. The van der Waals surface area contributed by atoms with Crippen LogP contribution >= 0.6 is 34.7 Å². The Balaban J connectivity index is 1.31. The number of aromatic nitrogens is 1. The van der Waals surface area contributed by atoms with Gasteiger partial charge in [-0.3, -0.25) is 4.98 Å². The van der Waals surface area contributed by atoms with Crippen LogP contribution in [0.4, 0.5) is 0 Å². The van der Waals surface area contributed by atoms with Gasteiger partial charge in [-0.25, -0.2) is 0 Å². The van der Waals surface area contributed by atoms with Crippen molar-refractivity contribution in [2.24, 2.45) is 5.41 Å². The summed E-state index contributed by atoms with van der Waals surface area (Å²) < 4.78 is 6.74. The highest BCUT2D eigenvalue weighted by atomic mass is 35.5. The number of ether oxygens (including phenoxy) is 1. The SMILES string of the molecule is COc1ccc2ncc(Cl)c(C(O)CCC3(CO)CCN(CCCSc4cccs4)CC3)c2c1. The molecule has 1 fully saturated rings. The van der Waals surface area contributed by atoms with Crippen LogP contribution in [0.3, 0.4) is 0 Å². The van der Waals surface area contributed by atoms with Gasteiger partial charge < -0.3 is 19.8 Å². The number of likely N-dealkylation sites (tertiary alicyclic amines) is 1. The van der Waals surface area contributed by atoms with Gasteiger partial charge in [-0.2, -0.15) is 0 Å². The van der Waals surface area contributed by atoms with Crippen molar-refractivity contribution in [2.75, 3.05) is 39.1 Å². The van der Waals surface area contributed by atoms with E-state index in [1.165, 1.54) is 10.6 Å². The Morgan fingerprint density at radius 3 is 2.82 bits per heavy atom. The number of hydrogen-bond acceptors (Lipinski definition) is 7. The molecule has 8 heteroatoms. The van der Waals surface area contributed by atoms with Gasteiger partial charge in [-0.15, -0.1) is 23.1 Å². The van der Waals surface area contributed by atoms with Gasteiger partial charge in [0, 0.05) is 29.5 Å². The van der Waals surface area contributed by atoms with E-state index in [4.69, 9.17) is 16.3 Å². The summed E-state index contributed by atoms with van der Waals surface area (Å²) in [6, 6.07) is 9.90. The quantitative estimate of drug-likeness (QED) is 0.238. The maximum absolute atomic E-state index is 11.1. The first-order chi connectivity index (χ1) is 16.5. The Bertz CT molecular complexity index is 1060. The molecule has 0 spiro atoms. The summed E-state index contributed by atoms with van der Waals surface area (Å²) in [6.45, 7) is 3.25. The molecule has 0 aliphatic carbocycles. The zero-order valence-electron chi connectivity index (χ0n) is 19.6. The first kappa shape index (κ1) is 25.7. The largest absolute Gasteiger partial charge is 0.497 e. The Hall–Kier alpha value is -1.35. The molecule has 1 atom stereocenters. The van der Waals surface area contributed by atoms with Crippen LogP contribution in [0.1, 0.15) is 43.8 Å². The van der Waals surface area contributed by atoms with Crippen molar-refractivity contribution in [3.05, 3.63) is 52.5 Å². The molecule has 3 heterocycles. The Kier molecular flexibility index (Phi) is 9.13. The van der Waals surface area contributed by atoms with Crippen LogP contribution in [0, 0.1) is 5.41 Å². The third kappa shape index (κ3) is 6.25. The highest BCUT2D eigenvalue weighted by Crippen LogP contribution is 2.40. The molecule has 1 aliphatic heterocycles. The van der Waals surface area contributed by atoms with Gasteiger partial charge in [0.05, 0.1) is 28.0 Å². The van der Waals surface area contributed by atoms with Crippen molar-refractivity contribution < 1.29 is 14.9 Å². The van der Waals surface area contributed by atoms with Crippen LogP contribution in [0.25, 0.3) is 10.9 Å². The van der Waals surface area contributed by atoms with Crippen LogP contribution in [-0.4, -0.2) is 59.2 Å². The number of pyridine rings is 1. The van der Waals surface area contributed by atoms with Crippen molar-refractivity contribution >= 4 is 45.6 Å². The number of benzene rings is 1. The molecule has 1 aromatic carbocycles. The van der Waals surface area contributed by atoms with Gasteiger partial charge >= 0.3 is 0 Å². The second-order valence-corrected chi connectivity index (χ2v) is 11.8. The van der Waals surface area contributed by atoms with Crippen LogP contribution in [0.15, 0.2) is 46.1 Å². The highest BCUT2D eigenvalue weighted by molar-refractivity contribution is 8.01. The molecular formula is C26H33ClN2O3S2. The number of aliphatic hydroxyl groups excluding tert-OH is 2. The van der Waals surface area contributed by atoms with Crippen molar-refractivity contribution in [1.29, 1.82) is 0 Å². The minimum absolute atomic E-state index is 0.143. The number of hydrogen-bond donors (Lipinski definition) is 2. The van der Waals surface area contributed by atoms with Crippen molar-refractivity contribution in [3.8, 4) is 5.75 Å². The average Bonchev–Trinajstić information content (AvgIpc) is 3.39. The average molecular weight is 521 g/mol. The summed E-state index contributed by atoms with van der Waals surface area (Å²) in [5, 5.41) is 24.8. The van der Waals surface area contributed by atoms with E-state index in [-0.39, 0.29) is 12.0 Å². The molecule has 4 rings (SSSR count). The summed E-state index contributed by atoms with van der Waals surface area (Å²) in [5.41, 5.74) is 1.33. The Morgan fingerprint density at radius 1 is 1.29 bits per heavy atom. The highest BCUT2D eigenvalue weighted by Gasteiger charge is 2.34. The van der Waals surface area contributed by atoms with E-state index in [9.17, 15) is 10.2 Å². The summed E-state index contributed by atoms with van der Waals surface area (Å²) in [5.74, 6) is 1.85. The number of nitrogens with zero attached hydrogens (tertiary/aromatic N) is 2. The smallest absolute Gasteiger partial charge is 0.119 e. The van der Waals surface area contributed by atoms with Gasteiger partial charge in [0.15, 0.2) is 0 Å². The van der Waals surface area contributed by atoms with Gasteiger partial charge in [0.1, 0.15) is 5.75 Å². The van der Waals surface area contributed by atoms with Gasteiger partial charge in [0.25, 0.3) is 0 Å². The lowest BCUT2D eigenvalue weighted by Crippen LogP contribution is -2.42. The molecule has 0 amide bonds. The summed E-state index contributed by atoms with van der Waals surface area (Å²) in [6.07, 6.45) is 5.27. The number of fused-ring (bicyclic) bond motifs is 1. The number of halogens is 1. The fourth-order valence-corrected chi connectivity index (χ4v) is 6.83. The normalized spacial score (nSPS) is 17.2. The molecular weight excluding hydrogens is 488 g/mol. The lowest BCUT2D eigenvalue weighted by atomic mass is 9.74. The third-order valence-electron chi connectivity index (χ3n) is 6.96. The number of aliphatic hydroxyl groups is 2. The summed E-state index contributed by atoms with van der Waals surface area (Å²) in [4.78, 5) is 6.90. The van der Waals surface area contributed by atoms with E-state index in [0.29, 0.717) is 22.8 Å². The van der Waals surface area contributed by atoms with E-state index in [2.05, 4.69) is 27.4 Å². The number of rotatable bonds is 11. The number of thioether (sulfide) groups is 1. The molecule has 1 unspecified atom stereocenters. The predicted molar refractivity (Wildman–Crippen MR) is 142 cm³/mol. The minimum atomic E-state index is -0.721. The minimum Gasteiger partial charge on any atom is -0.497 e. The molecule has 2 N–H and O–H groups in total.